The molecule has 0 amide bonds. The van der Waals surface area contributed by atoms with Crippen LogP contribution < -0.4 is 0 Å². The van der Waals surface area contributed by atoms with Crippen molar-refractivity contribution in [1.29, 1.82) is 0 Å². The summed E-state index contributed by atoms with van der Waals surface area (Å²) < 4.78 is 0. The van der Waals surface area contributed by atoms with Crippen LogP contribution in [0.1, 0.15) is 16.7 Å². The molecule has 1 atom stereocenters. The molecule has 0 aromatic heterocycles. The molecule has 2 aromatic rings. The Kier molecular flexibility index (Phi) is 3.12. The molecule has 1 heteroatoms. The molecule has 0 radical (unpaired) electrons. The minimum absolute atomic E-state index is 0.832. The first-order chi connectivity index (χ1) is 8.16. The molecule has 0 bridgehead atoms. The highest BCUT2D eigenvalue weighted by Gasteiger charge is 2.27. The van der Waals surface area contributed by atoms with Crippen LogP contribution in [-0.4, -0.2) is 5.11 Å². The second-order valence-electron chi connectivity index (χ2n) is 4.20. The van der Waals surface area contributed by atoms with Crippen LogP contribution in [0.4, 0.5) is 0 Å². The van der Waals surface area contributed by atoms with E-state index in [1.54, 1.807) is 6.08 Å². The maximum Gasteiger partial charge on any atom is 0.133 e. The summed E-state index contributed by atoms with van der Waals surface area (Å²) in [6, 6.07) is 17.4. The number of rotatable bonds is 3. The lowest BCUT2D eigenvalue weighted by atomic mass is 9.86. The van der Waals surface area contributed by atoms with Gasteiger partial charge in [-0.15, -0.1) is 0 Å². The van der Waals surface area contributed by atoms with Crippen molar-refractivity contribution < 1.29 is 5.11 Å². The average Bonchev–Trinajstić information content (AvgIpc) is 2.40. The Bertz CT molecular complexity index is 499. The second-order valence-corrected chi connectivity index (χ2v) is 4.20. The molecule has 2 aromatic carbocycles. The smallest absolute Gasteiger partial charge is 0.133 e. The molecule has 2 rings (SSSR count). The molecule has 0 aliphatic heterocycles. The van der Waals surface area contributed by atoms with Crippen molar-refractivity contribution in [2.75, 3.05) is 0 Å². The molecule has 0 spiro atoms. The van der Waals surface area contributed by atoms with E-state index >= 15 is 0 Å². The molecule has 17 heavy (non-hydrogen) atoms. The first-order valence-corrected chi connectivity index (χ1v) is 5.65. The predicted octanol–water partition coefficient (Wildman–Crippen LogP) is 3.42. The highest BCUT2D eigenvalue weighted by atomic mass is 16.3. The maximum absolute atomic E-state index is 10.7. The normalized spacial score (nSPS) is 14.0. The summed E-state index contributed by atoms with van der Waals surface area (Å²) in [6.45, 7) is 5.79. The van der Waals surface area contributed by atoms with E-state index in [1.165, 1.54) is 5.56 Å². The van der Waals surface area contributed by atoms with E-state index in [0.29, 0.717) is 0 Å². The Morgan fingerprint density at radius 1 is 0.941 bits per heavy atom. The summed E-state index contributed by atoms with van der Waals surface area (Å²) in [6.07, 6.45) is 1.58. The van der Waals surface area contributed by atoms with Gasteiger partial charge in [0, 0.05) is 0 Å². The maximum atomic E-state index is 10.7. The molecule has 86 valence electrons. The van der Waals surface area contributed by atoms with Crippen LogP contribution in [-0.2, 0) is 5.60 Å². The number of aliphatic hydroxyl groups is 1. The van der Waals surface area contributed by atoms with E-state index < -0.39 is 5.60 Å². The lowest BCUT2D eigenvalue weighted by Crippen LogP contribution is -2.24. The first-order valence-electron chi connectivity index (χ1n) is 5.65. The number of hydrogen-bond acceptors (Lipinski definition) is 1. The molecule has 0 fully saturated rings. The monoisotopic (exact) mass is 224 g/mol. The van der Waals surface area contributed by atoms with Crippen LogP contribution in [0.25, 0.3) is 0 Å². The summed E-state index contributed by atoms with van der Waals surface area (Å²) in [4.78, 5) is 0. The van der Waals surface area contributed by atoms with Crippen molar-refractivity contribution >= 4 is 0 Å². The fourth-order valence-electron chi connectivity index (χ4n) is 1.90. The molecule has 0 heterocycles. The van der Waals surface area contributed by atoms with Crippen LogP contribution in [0, 0.1) is 6.92 Å². The highest BCUT2D eigenvalue weighted by Crippen LogP contribution is 2.30. The molecule has 1 N–H and O–H groups in total. The van der Waals surface area contributed by atoms with Crippen LogP contribution in [0.15, 0.2) is 67.3 Å². The van der Waals surface area contributed by atoms with Crippen LogP contribution in [0.3, 0.4) is 0 Å². The van der Waals surface area contributed by atoms with E-state index in [1.807, 2.05) is 61.5 Å². The molecule has 1 nitrogen and oxygen atoms in total. The van der Waals surface area contributed by atoms with Gasteiger partial charge in [-0.3, -0.25) is 0 Å². The van der Waals surface area contributed by atoms with E-state index in [4.69, 9.17) is 0 Å². The minimum Gasteiger partial charge on any atom is -0.377 e. The van der Waals surface area contributed by atoms with Gasteiger partial charge in [0.15, 0.2) is 0 Å². The fraction of sp³-hybridized carbons (Fsp3) is 0.125. The Morgan fingerprint density at radius 2 is 1.47 bits per heavy atom. The van der Waals surface area contributed by atoms with Crippen molar-refractivity contribution in [3.05, 3.63) is 83.9 Å². The number of benzene rings is 2. The fourth-order valence-corrected chi connectivity index (χ4v) is 1.90. The predicted molar refractivity (Wildman–Crippen MR) is 70.8 cm³/mol. The summed E-state index contributed by atoms with van der Waals surface area (Å²) in [5.74, 6) is 0. The van der Waals surface area contributed by atoms with Gasteiger partial charge in [0.25, 0.3) is 0 Å². The largest absolute Gasteiger partial charge is 0.377 e. The standard InChI is InChI=1S/C16H16O/c1-3-16(17,14-7-5-4-6-8-14)15-11-9-13(2)10-12-15/h3-12,17H,1H2,2H3. The molecular weight excluding hydrogens is 208 g/mol. The zero-order valence-electron chi connectivity index (χ0n) is 9.93. The zero-order valence-corrected chi connectivity index (χ0v) is 9.93. The molecule has 0 saturated heterocycles. The van der Waals surface area contributed by atoms with Crippen LogP contribution in [0.2, 0.25) is 0 Å². The van der Waals surface area contributed by atoms with E-state index in [9.17, 15) is 5.11 Å². The summed E-state index contributed by atoms with van der Waals surface area (Å²) in [7, 11) is 0. The van der Waals surface area contributed by atoms with Gasteiger partial charge in [-0.05, 0) is 18.1 Å². The SMILES string of the molecule is C=CC(O)(c1ccccc1)c1ccc(C)cc1. The van der Waals surface area contributed by atoms with Gasteiger partial charge < -0.3 is 5.11 Å². The van der Waals surface area contributed by atoms with Crippen LogP contribution >= 0.6 is 0 Å². The second kappa shape index (κ2) is 4.56. The average molecular weight is 224 g/mol. The van der Waals surface area contributed by atoms with E-state index in [0.717, 1.165) is 11.1 Å². The van der Waals surface area contributed by atoms with Crippen molar-refractivity contribution in [3.63, 3.8) is 0 Å². The molecule has 0 saturated carbocycles. The Hall–Kier alpha value is -1.86. The van der Waals surface area contributed by atoms with Gasteiger partial charge in [-0.2, -0.15) is 0 Å². The molecular formula is C16H16O. The van der Waals surface area contributed by atoms with Gasteiger partial charge in [-0.1, -0.05) is 72.8 Å². The topological polar surface area (TPSA) is 20.2 Å². The summed E-state index contributed by atoms with van der Waals surface area (Å²) in [5, 5.41) is 10.7. The van der Waals surface area contributed by atoms with Crippen molar-refractivity contribution in [2.24, 2.45) is 0 Å². The van der Waals surface area contributed by atoms with Crippen molar-refractivity contribution in [2.45, 2.75) is 12.5 Å². The lowest BCUT2D eigenvalue weighted by Gasteiger charge is -2.25. The molecule has 0 aliphatic carbocycles. The third-order valence-corrected chi connectivity index (χ3v) is 3.00. The number of hydrogen-bond donors (Lipinski definition) is 1. The lowest BCUT2D eigenvalue weighted by molar-refractivity contribution is 0.135. The third-order valence-electron chi connectivity index (χ3n) is 3.00. The third kappa shape index (κ3) is 2.15. The summed E-state index contributed by atoms with van der Waals surface area (Å²) >= 11 is 0. The van der Waals surface area contributed by atoms with Gasteiger partial charge in [0.05, 0.1) is 0 Å². The molecule has 0 aliphatic rings. The van der Waals surface area contributed by atoms with Gasteiger partial charge in [0.2, 0.25) is 0 Å². The van der Waals surface area contributed by atoms with Crippen molar-refractivity contribution in [3.8, 4) is 0 Å². The van der Waals surface area contributed by atoms with Gasteiger partial charge >= 0.3 is 0 Å². The Morgan fingerprint density at radius 3 is 2.00 bits per heavy atom. The quantitative estimate of drug-likeness (QED) is 0.792. The van der Waals surface area contributed by atoms with E-state index in [2.05, 4.69) is 6.58 Å². The Balaban J connectivity index is 2.51. The Labute approximate surface area is 102 Å². The van der Waals surface area contributed by atoms with E-state index in [-0.39, 0.29) is 0 Å². The van der Waals surface area contributed by atoms with Crippen LogP contribution in [0.5, 0.6) is 0 Å². The first kappa shape index (κ1) is 11.6. The van der Waals surface area contributed by atoms with Crippen molar-refractivity contribution in [1.82, 2.24) is 0 Å². The van der Waals surface area contributed by atoms with Gasteiger partial charge in [0.1, 0.15) is 5.60 Å². The minimum atomic E-state index is -1.12. The summed E-state index contributed by atoms with van der Waals surface area (Å²) in [5.41, 5.74) is 1.73. The zero-order chi connectivity index (χ0) is 12.3. The number of aryl methyl sites for hydroxylation is 1. The van der Waals surface area contributed by atoms with Gasteiger partial charge in [-0.25, -0.2) is 0 Å². The molecule has 1 unspecified atom stereocenters. The highest BCUT2D eigenvalue weighted by molar-refractivity contribution is 5.40.